The molecule has 0 aliphatic rings. The summed E-state index contributed by atoms with van der Waals surface area (Å²) in [6, 6.07) is 1.62. The molecular weight excluding hydrogens is 178 g/mol. The Bertz CT molecular complexity index is 352. The van der Waals surface area contributed by atoms with E-state index < -0.39 is 17.5 Å². The number of nitrogen functional groups attached to an aromatic ring is 1. The Morgan fingerprint density at radius 3 is 2.54 bits per heavy atom. The van der Waals surface area contributed by atoms with Crippen LogP contribution in [0.25, 0.3) is 0 Å². The van der Waals surface area contributed by atoms with Gasteiger partial charge in [0, 0.05) is 12.1 Å². The smallest absolute Gasteiger partial charge is 0.140 e. The first-order chi connectivity index (χ1) is 6.06. The minimum Gasteiger partial charge on any atom is -0.496 e. The molecule has 0 atom stereocenters. The number of methoxy groups -OCH3 is 1. The molecule has 70 valence electrons. The molecule has 0 unspecified atom stereocenters. The van der Waals surface area contributed by atoms with Gasteiger partial charge in [0.05, 0.1) is 12.7 Å². The third kappa shape index (κ3) is 1.74. The number of hydrogen-bond donors (Lipinski definition) is 2. The monoisotopic (exact) mass is 186 g/mol. The minimum atomic E-state index is -0.899. The van der Waals surface area contributed by atoms with Crippen molar-refractivity contribution in [1.29, 1.82) is 5.41 Å². The van der Waals surface area contributed by atoms with Gasteiger partial charge in [0.2, 0.25) is 0 Å². The third-order valence-corrected chi connectivity index (χ3v) is 1.51. The zero-order valence-corrected chi connectivity index (χ0v) is 6.90. The van der Waals surface area contributed by atoms with E-state index in [2.05, 4.69) is 4.74 Å². The maximum atomic E-state index is 13.0. The van der Waals surface area contributed by atoms with Gasteiger partial charge in [0.15, 0.2) is 0 Å². The first-order valence-electron chi connectivity index (χ1n) is 3.43. The summed E-state index contributed by atoms with van der Waals surface area (Å²) in [4.78, 5) is 0. The van der Waals surface area contributed by atoms with Crippen LogP contribution in [0.1, 0.15) is 5.56 Å². The molecular formula is C8H8F2N2O. The van der Waals surface area contributed by atoms with Gasteiger partial charge in [-0.2, -0.15) is 0 Å². The van der Waals surface area contributed by atoms with Crippen LogP contribution >= 0.6 is 0 Å². The Morgan fingerprint density at radius 1 is 1.46 bits per heavy atom. The van der Waals surface area contributed by atoms with Crippen molar-refractivity contribution >= 4 is 5.84 Å². The first kappa shape index (κ1) is 9.44. The quantitative estimate of drug-likeness (QED) is 0.539. The van der Waals surface area contributed by atoms with E-state index in [1.165, 1.54) is 7.11 Å². The van der Waals surface area contributed by atoms with Crippen molar-refractivity contribution in [1.82, 2.24) is 0 Å². The van der Waals surface area contributed by atoms with E-state index >= 15 is 0 Å². The van der Waals surface area contributed by atoms with E-state index in [-0.39, 0.29) is 11.3 Å². The van der Waals surface area contributed by atoms with Gasteiger partial charge in [-0.3, -0.25) is 5.41 Å². The molecule has 0 amide bonds. The largest absolute Gasteiger partial charge is 0.496 e. The van der Waals surface area contributed by atoms with Crippen LogP contribution in [0.4, 0.5) is 8.78 Å². The normalized spacial score (nSPS) is 9.77. The molecule has 0 saturated heterocycles. The summed E-state index contributed by atoms with van der Waals surface area (Å²) >= 11 is 0. The lowest BCUT2D eigenvalue weighted by atomic mass is 10.1. The zero-order chi connectivity index (χ0) is 10.0. The number of nitrogens with one attached hydrogen (secondary N) is 1. The topological polar surface area (TPSA) is 59.1 Å². The molecule has 0 saturated carbocycles. The number of halogens is 2. The van der Waals surface area contributed by atoms with Gasteiger partial charge in [-0.15, -0.1) is 0 Å². The number of nitrogens with two attached hydrogens (primary N) is 1. The average molecular weight is 186 g/mol. The number of benzene rings is 1. The van der Waals surface area contributed by atoms with Gasteiger partial charge >= 0.3 is 0 Å². The summed E-state index contributed by atoms with van der Waals surface area (Å²) in [6.07, 6.45) is 0. The lowest BCUT2D eigenvalue weighted by Gasteiger charge is -2.07. The van der Waals surface area contributed by atoms with E-state index in [1.807, 2.05) is 0 Å². The summed E-state index contributed by atoms with van der Waals surface area (Å²) < 4.78 is 30.3. The van der Waals surface area contributed by atoms with Gasteiger partial charge in [-0.1, -0.05) is 0 Å². The zero-order valence-electron chi connectivity index (χ0n) is 6.90. The Morgan fingerprint density at radius 2 is 2.08 bits per heavy atom. The van der Waals surface area contributed by atoms with E-state index in [0.29, 0.717) is 6.07 Å². The van der Waals surface area contributed by atoms with Crippen LogP contribution in [-0.4, -0.2) is 12.9 Å². The molecule has 0 aliphatic carbocycles. The highest BCUT2D eigenvalue weighted by Gasteiger charge is 2.13. The minimum absolute atomic E-state index is 0.0787. The molecule has 1 aromatic rings. The highest BCUT2D eigenvalue weighted by molar-refractivity contribution is 5.97. The fourth-order valence-corrected chi connectivity index (χ4v) is 0.972. The molecule has 0 aromatic heterocycles. The number of rotatable bonds is 2. The summed E-state index contributed by atoms with van der Waals surface area (Å²) in [6.45, 7) is 0. The van der Waals surface area contributed by atoms with E-state index in [9.17, 15) is 8.78 Å². The van der Waals surface area contributed by atoms with Gasteiger partial charge in [0.25, 0.3) is 0 Å². The maximum Gasteiger partial charge on any atom is 0.140 e. The van der Waals surface area contributed by atoms with Crippen LogP contribution in [0.5, 0.6) is 5.75 Å². The lowest BCUT2D eigenvalue weighted by molar-refractivity contribution is 0.405. The molecule has 0 spiro atoms. The maximum absolute atomic E-state index is 13.0. The predicted octanol–water partition coefficient (Wildman–Crippen LogP) is 1.26. The van der Waals surface area contributed by atoms with Crippen LogP contribution in [0.2, 0.25) is 0 Å². The van der Waals surface area contributed by atoms with Crippen LogP contribution < -0.4 is 10.5 Å². The van der Waals surface area contributed by atoms with E-state index in [0.717, 1.165) is 6.07 Å². The Hall–Kier alpha value is -1.65. The van der Waals surface area contributed by atoms with Crippen LogP contribution in [0.15, 0.2) is 12.1 Å². The fourth-order valence-electron chi connectivity index (χ4n) is 0.972. The van der Waals surface area contributed by atoms with Crippen molar-refractivity contribution in [3.05, 3.63) is 29.3 Å². The van der Waals surface area contributed by atoms with Crippen LogP contribution in [-0.2, 0) is 0 Å². The second kappa shape index (κ2) is 3.38. The summed E-state index contributed by atoms with van der Waals surface area (Å²) in [5.74, 6) is -2.23. The average Bonchev–Trinajstić information content (AvgIpc) is 2.01. The molecule has 0 bridgehead atoms. The van der Waals surface area contributed by atoms with Gasteiger partial charge in [-0.25, -0.2) is 8.78 Å². The third-order valence-electron chi connectivity index (χ3n) is 1.51. The van der Waals surface area contributed by atoms with Gasteiger partial charge in [0.1, 0.15) is 23.2 Å². The van der Waals surface area contributed by atoms with Crippen molar-refractivity contribution in [2.24, 2.45) is 5.73 Å². The van der Waals surface area contributed by atoms with Crippen molar-refractivity contribution < 1.29 is 13.5 Å². The summed E-state index contributed by atoms with van der Waals surface area (Å²) in [5.41, 5.74) is 4.86. The Balaban J connectivity index is 3.38. The molecule has 0 fully saturated rings. The molecule has 3 nitrogen and oxygen atoms in total. The second-order valence-corrected chi connectivity index (χ2v) is 2.38. The molecule has 3 N–H and O–H groups in total. The van der Waals surface area contributed by atoms with Crippen LogP contribution in [0, 0.1) is 17.0 Å². The number of amidine groups is 1. The highest BCUT2D eigenvalue weighted by atomic mass is 19.1. The predicted molar refractivity (Wildman–Crippen MR) is 43.9 cm³/mol. The molecule has 0 radical (unpaired) electrons. The van der Waals surface area contributed by atoms with Gasteiger partial charge < -0.3 is 10.5 Å². The Kier molecular flexibility index (Phi) is 2.46. The molecule has 0 aliphatic heterocycles. The van der Waals surface area contributed by atoms with Crippen molar-refractivity contribution in [3.8, 4) is 5.75 Å². The summed E-state index contributed by atoms with van der Waals surface area (Å²) in [7, 11) is 1.25. The SMILES string of the molecule is COc1cc(F)cc(F)c1C(=N)N. The Labute approximate surface area is 73.6 Å². The van der Waals surface area contributed by atoms with Crippen molar-refractivity contribution in [2.75, 3.05) is 7.11 Å². The van der Waals surface area contributed by atoms with Crippen molar-refractivity contribution in [2.45, 2.75) is 0 Å². The standard InChI is InChI=1S/C8H8F2N2O/c1-13-6-3-4(9)2-5(10)7(6)8(11)12/h2-3H,1H3,(H3,11,12). The highest BCUT2D eigenvalue weighted by Crippen LogP contribution is 2.22. The number of ether oxygens (including phenoxy) is 1. The second-order valence-electron chi connectivity index (χ2n) is 2.38. The molecule has 1 rings (SSSR count). The number of hydrogen-bond acceptors (Lipinski definition) is 2. The molecule has 1 aromatic carbocycles. The first-order valence-corrected chi connectivity index (χ1v) is 3.43. The molecule has 0 heterocycles. The summed E-state index contributed by atoms with van der Waals surface area (Å²) in [5, 5.41) is 7.03. The molecule has 13 heavy (non-hydrogen) atoms. The molecule has 5 heteroatoms. The van der Waals surface area contributed by atoms with E-state index in [4.69, 9.17) is 11.1 Å². The lowest BCUT2D eigenvalue weighted by Crippen LogP contribution is -2.15. The van der Waals surface area contributed by atoms with E-state index in [1.54, 1.807) is 0 Å². The van der Waals surface area contributed by atoms with Crippen molar-refractivity contribution in [3.63, 3.8) is 0 Å². The van der Waals surface area contributed by atoms with Crippen LogP contribution in [0.3, 0.4) is 0 Å². The fraction of sp³-hybridized carbons (Fsp3) is 0.125. The van der Waals surface area contributed by atoms with Gasteiger partial charge in [-0.05, 0) is 0 Å².